The smallest absolute Gasteiger partial charge is 0.0101 e. The van der Waals surface area contributed by atoms with Crippen LogP contribution in [0.3, 0.4) is 0 Å². The third kappa shape index (κ3) is 4.83. The largest absolute Gasteiger partial charge is 0.103 e. The molecular weight excluding hydrogens is 180 g/mol. The minimum Gasteiger partial charge on any atom is -0.103 e. The summed E-state index contributed by atoms with van der Waals surface area (Å²) in [7, 11) is 0. The first-order valence-corrected chi connectivity index (χ1v) is 5.83. The zero-order valence-corrected chi connectivity index (χ0v) is 10.6. The first kappa shape index (κ1) is 14.0. The average molecular weight is 204 g/mol. The van der Waals surface area contributed by atoms with Gasteiger partial charge < -0.3 is 0 Å². The predicted molar refractivity (Wildman–Crippen MR) is 70.2 cm³/mol. The van der Waals surface area contributed by atoms with Crippen LogP contribution in [0.25, 0.3) is 0 Å². The molecule has 0 aromatic heterocycles. The van der Waals surface area contributed by atoms with Gasteiger partial charge in [0.25, 0.3) is 0 Å². The van der Waals surface area contributed by atoms with E-state index in [-0.39, 0.29) is 5.41 Å². The highest BCUT2D eigenvalue weighted by molar-refractivity contribution is 5.23. The second-order valence-corrected chi connectivity index (χ2v) is 4.08. The van der Waals surface area contributed by atoms with Crippen LogP contribution in [0.2, 0.25) is 0 Å². The molecule has 0 spiro atoms. The summed E-state index contributed by atoms with van der Waals surface area (Å²) in [5.74, 6) is 0. The van der Waals surface area contributed by atoms with Crippen LogP contribution in [0.1, 0.15) is 46.1 Å². The Balaban J connectivity index is 0.000000921. The molecule has 15 heavy (non-hydrogen) atoms. The fourth-order valence-electron chi connectivity index (χ4n) is 1.50. The van der Waals surface area contributed by atoms with E-state index in [1.54, 1.807) is 0 Å². The minimum absolute atomic E-state index is 0.273. The highest BCUT2D eigenvalue weighted by Crippen LogP contribution is 2.27. The van der Waals surface area contributed by atoms with Crippen molar-refractivity contribution in [2.45, 2.75) is 46.0 Å². The van der Waals surface area contributed by atoms with Gasteiger partial charge in [-0.2, -0.15) is 0 Å². The van der Waals surface area contributed by atoms with E-state index < -0.39 is 0 Å². The van der Waals surface area contributed by atoms with Crippen LogP contribution >= 0.6 is 0 Å². The zero-order valence-electron chi connectivity index (χ0n) is 10.6. The van der Waals surface area contributed by atoms with Crippen molar-refractivity contribution in [2.24, 2.45) is 0 Å². The van der Waals surface area contributed by atoms with E-state index >= 15 is 0 Å². The Morgan fingerprint density at radius 1 is 1.13 bits per heavy atom. The number of benzene rings is 1. The molecule has 0 atom stereocenters. The molecule has 0 aliphatic heterocycles. The van der Waals surface area contributed by atoms with Crippen LogP contribution in [0.4, 0.5) is 0 Å². The Bertz CT molecular complexity index is 257. The van der Waals surface area contributed by atoms with E-state index in [0.717, 1.165) is 6.42 Å². The quantitative estimate of drug-likeness (QED) is 0.608. The molecule has 1 aromatic carbocycles. The first-order chi connectivity index (χ1) is 7.17. The van der Waals surface area contributed by atoms with Gasteiger partial charge >= 0.3 is 0 Å². The van der Waals surface area contributed by atoms with Gasteiger partial charge in [0, 0.05) is 0 Å². The molecule has 0 aliphatic carbocycles. The summed E-state index contributed by atoms with van der Waals surface area (Å²) < 4.78 is 0. The Hall–Kier alpha value is -1.04. The van der Waals surface area contributed by atoms with Crippen molar-refractivity contribution < 1.29 is 0 Å². The topological polar surface area (TPSA) is 0 Å². The second kappa shape index (κ2) is 7.28. The van der Waals surface area contributed by atoms with Gasteiger partial charge in [-0.15, -0.1) is 6.58 Å². The third-order valence-corrected chi connectivity index (χ3v) is 2.53. The van der Waals surface area contributed by atoms with E-state index in [1.807, 2.05) is 19.9 Å². The number of hydrogen-bond acceptors (Lipinski definition) is 0. The van der Waals surface area contributed by atoms with Gasteiger partial charge in [-0.05, 0) is 23.8 Å². The molecule has 1 aromatic rings. The van der Waals surface area contributed by atoms with Crippen LogP contribution in [0.15, 0.2) is 43.0 Å². The van der Waals surface area contributed by atoms with Gasteiger partial charge in [0.2, 0.25) is 0 Å². The lowest BCUT2D eigenvalue weighted by atomic mass is 9.81. The molecule has 0 fully saturated rings. The van der Waals surface area contributed by atoms with Crippen LogP contribution in [-0.2, 0) is 5.41 Å². The van der Waals surface area contributed by atoms with E-state index in [0.29, 0.717) is 0 Å². The number of rotatable bonds is 4. The van der Waals surface area contributed by atoms with Gasteiger partial charge in [0.1, 0.15) is 0 Å². The maximum Gasteiger partial charge on any atom is -0.0101 e. The summed E-state index contributed by atoms with van der Waals surface area (Å²) in [5, 5.41) is 0. The summed E-state index contributed by atoms with van der Waals surface area (Å²) in [6.45, 7) is 12.3. The lowest BCUT2D eigenvalue weighted by Gasteiger charge is -2.24. The van der Waals surface area contributed by atoms with Crippen molar-refractivity contribution in [1.82, 2.24) is 0 Å². The van der Waals surface area contributed by atoms with Gasteiger partial charge in [0.05, 0.1) is 0 Å². The molecule has 1 rings (SSSR count). The molecule has 0 N–H and O–H groups in total. The maximum absolute atomic E-state index is 3.76. The van der Waals surface area contributed by atoms with E-state index in [9.17, 15) is 0 Å². The van der Waals surface area contributed by atoms with Crippen molar-refractivity contribution in [1.29, 1.82) is 0 Å². The molecule has 0 amide bonds. The van der Waals surface area contributed by atoms with Crippen LogP contribution in [-0.4, -0.2) is 0 Å². The Kier molecular flexibility index (Phi) is 6.77. The summed E-state index contributed by atoms with van der Waals surface area (Å²) >= 11 is 0. The normalized spacial score (nSPS) is 10.1. The van der Waals surface area contributed by atoms with Crippen molar-refractivity contribution in [3.63, 3.8) is 0 Å². The van der Waals surface area contributed by atoms with Gasteiger partial charge in [0.15, 0.2) is 0 Å². The highest BCUT2D eigenvalue weighted by atomic mass is 14.2. The van der Waals surface area contributed by atoms with Crippen LogP contribution < -0.4 is 0 Å². The molecule has 0 saturated heterocycles. The Labute approximate surface area is 95.0 Å². The summed E-state index contributed by atoms with van der Waals surface area (Å²) in [6.07, 6.45) is 4.24. The molecule has 0 radical (unpaired) electrons. The van der Waals surface area contributed by atoms with Crippen molar-refractivity contribution in [3.05, 3.63) is 48.6 Å². The zero-order chi connectivity index (χ0) is 11.7. The summed E-state index contributed by atoms with van der Waals surface area (Å²) in [4.78, 5) is 0. The van der Waals surface area contributed by atoms with Crippen LogP contribution in [0, 0.1) is 0 Å². The van der Waals surface area contributed by atoms with E-state index in [1.165, 1.54) is 12.0 Å². The monoisotopic (exact) mass is 204 g/mol. The molecule has 0 saturated carbocycles. The SMILES string of the molecule is C=CCCC(C)(C)c1ccccc1.CC. The molecule has 0 heteroatoms. The number of hydrogen-bond donors (Lipinski definition) is 0. The molecular formula is C15H24. The van der Waals surface area contributed by atoms with Crippen molar-refractivity contribution in [3.8, 4) is 0 Å². The van der Waals surface area contributed by atoms with E-state index in [2.05, 4.69) is 50.8 Å². The molecule has 0 nitrogen and oxygen atoms in total. The molecule has 0 heterocycles. The van der Waals surface area contributed by atoms with Gasteiger partial charge in [-0.25, -0.2) is 0 Å². The van der Waals surface area contributed by atoms with Gasteiger partial charge in [-0.3, -0.25) is 0 Å². The molecule has 0 aliphatic rings. The lowest BCUT2D eigenvalue weighted by Crippen LogP contribution is -2.16. The van der Waals surface area contributed by atoms with Crippen molar-refractivity contribution >= 4 is 0 Å². The molecule has 0 unspecified atom stereocenters. The fourth-order valence-corrected chi connectivity index (χ4v) is 1.50. The maximum atomic E-state index is 3.76. The Morgan fingerprint density at radius 3 is 2.13 bits per heavy atom. The van der Waals surface area contributed by atoms with Crippen LogP contribution in [0.5, 0.6) is 0 Å². The third-order valence-electron chi connectivity index (χ3n) is 2.53. The van der Waals surface area contributed by atoms with Gasteiger partial charge in [-0.1, -0.05) is 64.1 Å². The standard InChI is InChI=1S/C13H18.C2H6/c1-4-5-11-13(2,3)12-9-7-6-8-10-12;1-2/h4,6-10H,1,5,11H2,2-3H3;1-2H3. The summed E-state index contributed by atoms with van der Waals surface area (Å²) in [5.41, 5.74) is 1.69. The molecule has 0 bridgehead atoms. The fraction of sp³-hybridized carbons (Fsp3) is 0.467. The second-order valence-electron chi connectivity index (χ2n) is 4.08. The summed E-state index contributed by atoms with van der Waals surface area (Å²) in [6, 6.07) is 10.7. The minimum atomic E-state index is 0.273. The molecule has 84 valence electrons. The highest BCUT2D eigenvalue weighted by Gasteiger charge is 2.18. The first-order valence-electron chi connectivity index (χ1n) is 5.83. The number of allylic oxidation sites excluding steroid dienone is 1. The average Bonchev–Trinajstić information content (AvgIpc) is 2.30. The Morgan fingerprint density at radius 2 is 1.67 bits per heavy atom. The lowest BCUT2D eigenvalue weighted by molar-refractivity contribution is 0.485. The van der Waals surface area contributed by atoms with Crippen molar-refractivity contribution in [2.75, 3.05) is 0 Å². The van der Waals surface area contributed by atoms with E-state index in [4.69, 9.17) is 0 Å². The predicted octanol–water partition coefficient (Wildman–Crippen LogP) is 4.96.